The molecule has 10 N–H and O–H groups in total. The number of carbonyl (C=O) groups is 4. The molecule has 56 heavy (non-hydrogen) atoms. The SMILES string of the molecule is CC(C)(COP(=O)(O)OP(=O)(O)OC[C@H]1O[C@@H](n2cnc3c(N)ncnc32)[C@H](O)[C@@H]1OP(=O)(O)O)[C@@H](O)C(=O)NCCC(=O)NCCSC(=O)CCCC(=O)[O-]. The smallest absolute Gasteiger partial charge is 0.481 e. The summed E-state index contributed by atoms with van der Waals surface area (Å²) in [5.41, 5.74) is 4.20. The van der Waals surface area contributed by atoms with Gasteiger partial charge in [-0.05, 0) is 12.8 Å². The summed E-state index contributed by atoms with van der Waals surface area (Å²) < 4.78 is 61.9. The molecule has 26 nitrogen and oxygen atoms in total. The molecular weight excluding hydrogens is 839 g/mol. The zero-order valence-electron chi connectivity index (χ0n) is 29.5. The second-order valence-electron chi connectivity index (χ2n) is 12.5. The van der Waals surface area contributed by atoms with Crippen LogP contribution in [0.15, 0.2) is 12.7 Å². The van der Waals surface area contributed by atoms with Crippen LogP contribution >= 0.6 is 35.2 Å². The van der Waals surface area contributed by atoms with Crippen LogP contribution in [0.3, 0.4) is 0 Å². The van der Waals surface area contributed by atoms with E-state index in [1.165, 1.54) is 13.8 Å². The highest BCUT2D eigenvalue weighted by molar-refractivity contribution is 8.13. The number of carboxylic acid groups (broad SMARTS) is 1. The highest BCUT2D eigenvalue weighted by Gasteiger charge is 2.50. The summed E-state index contributed by atoms with van der Waals surface area (Å²) in [7, 11) is -16.4. The van der Waals surface area contributed by atoms with Crippen molar-refractivity contribution in [3.8, 4) is 0 Å². The van der Waals surface area contributed by atoms with Crippen molar-refractivity contribution >= 4 is 75.1 Å². The van der Waals surface area contributed by atoms with E-state index in [4.69, 9.17) is 19.5 Å². The number of nitrogens with one attached hydrogen (secondary N) is 2. The fourth-order valence-corrected chi connectivity index (χ4v) is 8.29. The Balaban J connectivity index is 1.47. The van der Waals surface area contributed by atoms with Crippen molar-refractivity contribution in [3.63, 3.8) is 0 Å². The van der Waals surface area contributed by atoms with Crippen LogP contribution in [-0.2, 0) is 55.5 Å². The molecule has 0 spiro atoms. The van der Waals surface area contributed by atoms with Crippen LogP contribution in [0.1, 0.15) is 45.8 Å². The van der Waals surface area contributed by atoms with Gasteiger partial charge in [-0.3, -0.25) is 32.5 Å². The first-order chi connectivity index (χ1) is 25.9. The molecule has 1 fully saturated rings. The van der Waals surface area contributed by atoms with Crippen LogP contribution in [0.4, 0.5) is 5.82 Å². The van der Waals surface area contributed by atoms with Crippen molar-refractivity contribution in [1.82, 2.24) is 30.2 Å². The van der Waals surface area contributed by atoms with Crippen LogP contribution in [0.5, 0.6) is 0 Å². The Labute approximate surface area is 321 Å². The normalized spacial score (nSPS) is 21.6. The lowest BCUT2D eigenvalue weighted by molar-refractivity contribution is -0.305. The number of aromatic nitrogens is 4. The third-order valence-electron chi connectivity index (χ3n) is 7.53. The van der Waals surface area contributed by atoms with Gasteiger partial charge in [0.25, 0.3) is 0 Å². The molecule has 3 rings (SSSR count). The molecule has 7 atom stereocenters. The summed E-state index contributed by atoms with van der Waals surface area (Å²) in [4.78, 5) is 97.4. The lowest BCUT2D eigenvalue weighted by atomic mass is 9.87. The Hall–Kier alpha value is -2.97. The van der Waals surface area contributed by atoms with Crippen molar-refractivity contribution < 1.29 is 90.4 Å². The molecule has 0 saturated carbocycles. The zero-order valence-corrected chi connectivity index (χ0v) is 33.0. The summed E-state index contributed by atoms with van der Waals surface area (Å²) in [6, 6.07) is 0. The molecule has 1 saturated heterocycles. The second-order valence-corrected chi connectivity index (χ2v) is 17.9. The Bertz CT molecular complexity index is 1860. The van der Waals surface area contributed by atoms with E-state index in [0.717, 1.165) is 29.0 Å². The van der Waals surface area contributed by atoms with Crippen molar-refractivity contribution in [1.29, 1.82) is 0 Å². The minimum absolute atomic E-state index is 0.0196. The second kappa shape index (κ2) is 20.1. The standard InChI is InChI=1S/C26H42N7O19P3S/c1-26(2,21(39)24(40)29-7-6-15(34)28-8-9-56-17(37)5-3-4-16(35)36)11-49-55(46,47)52-54(44,45)48-10-14-20(51-53(41,42)43)19(38)25(50-14)33-13-32-18-22(27)30-12-31-23(18)33/h12-14,19-21,25,38-39H,3-11H2,1-2H3,(H,28,34)(H,29,40)(H,35,36)(H,44,45)(H,46,47)(H2,27,30,31)(H2,41,42,43)/p-1/t14-,19-,20-,21+,25-/m1/s1. The van der Waals surface area contributed by atoms with E-state index in [1.54, 1.807) is 0 Å². The number of ether oxygens (including phenoxy) is 1. The number of aliphatic hydroxyl groups excluding tert-OH is 2. The molecule has 1 aliphatic rings. The van der Waals surface area contributed by atoms with E-state index in [-0.39, 0.29) is 66.6 Å². The lowest BCUT2D eigenvalue weighted by Crippen LogP contribution is -2.46. The van der Waals surface area contributed by atoms with Gasteiger partial charge in [0.15, 0.2) is 22.8 Å². The maximum atomic E-state index is 12.7. The monoisotopic (exact) mass is 880 g/mol. The van der Waals surface area contributed by atoms with Crippen LogP contribution in [-0.4, -0.2) is 129 Å². The summed E-state index contributed by atoms with van der Waals surface area (Å²) in [5, 5.41) is 36.3. The van der Waals surface area contributed by atoms with E-state index in [9.17, 15) is 67.8 Å². The number of carboxylic acids is 1. The minimum atomic E-state index is -5.59. The number of phosphoric ester groups is 3. The molecule has 316 valence electrons. The number of nitrogens with zero attached hydrogens (tertiary/aromatic N) is 4. The van der Waals surface area contributed by atoms with Gasteiger partial charge < -0.3 is 60.8 Å². The first kappa shape index (κ1) is 47.4. The van der Waals surface area contributed by atoms with E-state index >= 15 is 0 Å². The van der Waals surface area contributed by atoms with E-state index in [1.807, 2.05) is 0 Å². The summed E-state index contributed by atoms with van der Waals surface area (Å²) in [6.07, 6.45) is -7.15. The molecule has 0 radical (unpaired) electrons. The molecule has 2 aromatic rings. The molecule has 2 aromatic heterocycles. The Morgan fingerprint density at radius 2 is 1.71 bits per heavy atom. The molecule has 2 unspecified atom stereocenters. The van der Waals surface area contributed by atoms with Gasteiger partial charge in [-0.25, -0.2) is 28.6 Å². The van der Waals surface area contributed by atoms with Crippen molar-refractivity contribution in [2.75, 3.05) is 37.8 Å². The maximum Gasteiger partial charge on any atom is 0.481 e. The topological polar surface area (TPSA) is 404 Å². The van der Waals surface area contributed by atoms with Gasteiger partial charge in [-0.1, -0.05) is 25.6 Å². The largest absolute Gasteiger partial charge is 0.550 e. The number of imidazole rings is 1. The fourth-order valence-electron chi connectivity index (χ4n) is 4.74. The average molecular weight is 881 g/mol. The third-order valence-corrected chi connectivity index (χ3v) is 11.6. The Kier molecular flexibility index (Phi) is 17.0. The number of aliphatic hydroxyl groups is 2. The molecular formula is C26H41N7O19P3S-. The molecule has 0 bridgehead atoms. The number of rotatable bonds is 23. The predicted molar refractivity (Wildman–Crippen MR) is 186 cm³/mol. The molecule has 2 amide bonds. The number of anilines is 1. The number of aliphatic carboxylic acids is 1. The van der Waals surface area contributed by atoms with Gasteiger partial charge >= 0.3 is 23.5 Å². The maximum absolute atomic E-state index is 12.7. The Morgan fingerprint density at radius 1 is 1.04 bits per heavy atom. The molecule has 0 aromatic carbocycles. The fraction of sp³-hybridized carbons (Fsp3) is 0.654. The van der Waals surface area contributed by atoms with Crippen LogP contribution in [0.2, 0.25) is 0 Å². The number of fused-ring (bicyclic) bond motifs is 1. The quantitative estimate of drug-likeness (QED) is 0.0414. The van der Waals surface area contributed by atoms with Gasteiger partial charge in [0.2, 0.25) is 11.8 Å². The lowest BCUT2D eigenvalue weighted by Gasteiger charge is -2.30. The summed E-state index contributed by atoms with van der Waals surface area (Å²) in [5.74, 6) is -2.61. The first-order valence-electron chi connectivity index (χ1n) is 16.2. The van der Waals surface area contributed by atoms with Gasteiger partial charge in [-0.15, -0.1) is 0 Å². The summed E-state index contributed by atoms with van der Waals surface area (Å²) in [6.45, 7) is 0.243. The number of carbonyl (C=O) groups excluding carboxylic acids is 4. The van der Waals surface area contributed by atoms with Crippen molar-refractivity contribution in [3.05, 3.63) is 12.7 Å². The number of hydrogen-bond acceptors (Lipinski definition) is 20. The molecule has 0 aliphatic carbocycles. The van der Waals surface area contributed by atoms with Crippen LogP contribution < -0.4 is 21.5 Å². The average Bonchev–Trinajstić information content (AvgIpc) is 3.64. The first-order valence-corrected chi connectivity index (χ1v) is 21.7. The van der Waals surface area contributed by atoms with E-state index < -0.39 is 90.5 Å². The third kappa shape index (κ3) is 14.8. The zero-order chi connectivity index (χ0) is 42.1. The number of nitrogens with two attached hydrogens (primary N) is 1. The number of nitrogen functional groups attached to an aromatic ring is 1. The number of thioether (sulfide) groups is 1. The predicted octanol–water partition coefficient (Wildman–Crippen LogP) is -2.42. The van der Waals surface area contributed by atoms with E-state index in [0.29, 0.717) is 0 Å². The molecule has 30 heteroatoms. The van der Waals surface area contributed by atoms with Gasteiger partial charge in [0, 0.05) is 43.1 Å². The van der Waals surface area contributed by atoms with E-state index in [2.05, 4.69) is 34.4 Å². The molecule has 1 aliphatic heterocycles. The number of amides is 2. The van der Waals surface area contributed by atoms with Gasteiger partial charge in [0.05, 0.1) is 19.5 Å². The highest BCUT2D eigenvalue weighted by atomic mass is 32.2. The van der Waals surface area contributed by atoms with Crippen LogP contribution in [0, 0.1) is 5.41 Å². The van der Waals surface area contributed by atoms with Crippen molar-refractivity contribution in [2.45, 2.75) is 70.2 Å². The van der Waals surface area contributed by atoms with Gasteiger partial charge in [0.1, 0.15) is 36.3 Å². The highest BCUT2D eigenvalue weighted by Crippen LogP contribution is 2.61. The van der Waals surface area contributed by atoms with Crippen molar-refractivity contribution in [2.24, 2.45) is 5.41 Å². The summed E-state index contributed by atoms with van der Waals surface area (Å²) >= 11 is 0.909. The number of hydrogen-bond donors (Lipinski definition) is 9. The Morgan fingerprint density at radius 3 is 2.38 bits per heavy atom. The van der Waals surface area contributed by atoms with Gasteiger partial charge in [-0.2, -0.15) is 4.31 Å². The molecule has 3 heterocycles. The van der Waals surface area contributed by atoms with Crippen LogP contribution in [0.25, 0.3) is 11.2 Å². The number of phosphoric acid groups is 3. The minimum Gasteiger partial charge on any atom is -0.550 e.